The molecule has 1 atom stereocenters. The molecule has 1 unspecified atom stereocenters. The lowest BCUT2D eigenvalue weighted by atomic mass is 9.89. The summed E-state index contributed by atoms with van der Waals surface area (Å²) in [5.74, 6) is 0.297. The molecule has 0 bridgehead atoms. The van der Waals surface area contributed by atoms with E-state index in [1.807, 2.05) is 0 Å². The summed E-state index contributed by atoms with van der Waals surface area (Å²) >= 11 is 1.78. The fourth-order valence-electron chi connectivity index (χ4n) is 4.15. The molecule has 1 N–H and O–H groups in total. The number of rotatable bonds is 7. The van der Waals surface area contributed by atoms with E-state index < -0.39 is 5.82 Å². The van der Waals surface area contributed by atoms with E-state index in [-0.39, 0.29) is 30.0 Å². The molecule has 4 rings (SSSR count). The summed E-state index contributed by atoms with van der Waals surface area (Å²) in [7, 11) is 1.40. The number of amides is 1. The SMILES string of the molecule is COc1cc(CNC(=O)c2cc(C3=NOC(C4CCN(SC)CC4)C3)nc(C)n2)ccc1F. The Morgan fingerprint density at radius 3 is 2.82 bits per heavy atom. The van der Waals surface area contributed by atoms with Crippen LogP contribution in [0.1, 0.15) is 46.8 Å². The van der Waals surface area contributed by atoms with Crippen LogP contribution in [0.3, 0.4) is 0 Å². The molecule has 2 aliphatic heterocycles. The van der Waals surface area contributed by atoms with Crippen LogP contribution in [0.25, 0.3) is 0 Å². The van der Waals surface area contributed by atoms with Gasteiger partial charge in [-0.25, -0.2) is 14.4 Å². The van der Waals surface area contributed by atoms with Crippen LogP contribution in [0.15, 0.2) is 29.4 Å². The predicted octanol–water partition coefficient (Wildman–Crippen LogP) is 3.35. The Balaban J connectivity index is 1.39. The summed E-state index contributed by atoms with van der Waals surface area (Å²) < 4.78 is 21.0. The molecular formula is C23H28FN5O3S. The second-order valence-electron chi connectivity index (χ2n) is 8.17. The van der Waals surface area contributed by atoms with Crippen LogP contribution in [0.2, 0.25) is 0 Å². The number of piperidine rings is 1. The first-order chi connectivity index (χ1) is 16.0. The number of nitrogens with one attached hydrogen (secondary N) is 1. The van der Waals surface area contributed by atoms with E-state index in [9.17, 15) is 9.18 Å². The second kappa shape index (κ2) is 10.5. The Labute approximate surface area is 197 Å². The number of hydrogen-bond donors (Lipinski definition) is 1. The Bertz CT molecular complexity index is 1040. The van der Waals surface area contributed by atoms with Crippen molar-refractivity contribution in [3.05, 3.63) is 52.9 Å². The first-order valence-corrected chi connectivity index (χ1v) is 12.1. The smallest absolute Gasteiger partial charge is 0.270 e. The van der Waals surface area contributed by atoms with Gasteiger partial charge in [0, 0.05) is 32.0 Å². The lowest BCUT2D eigenvalue weighted by Gasteiger charge is -2.32. The zero-order valence-corrected chi connectivity index (χ0v) is 19.8. The first kappa shape index (κ1) is 23.4. The van der Waals surface area contributed by atoms with Crippen molar-refractivity contribution in [3.8, 4) is 5.75 Å². The lowest BCUT2D eigenvalue weighted by Crippen LogP contribution is -2.34. The predicted molar refractivity (Wildman–Crippen MR) is 125 cm³/mol. The normalized spacial score (nSPS) is 19.2. The van der Waals surface area contributed by atoms with Crippen LogP contribution in [0.4, 0.5) is 4.39 Å². The van der Waals surface area contributed by atoms with E-state index >= 15 is 0 Å². The van der Waals surface area contributed by atoms with Crippen molar-refractivity contribution in [1.29, 1.82) is 0 Å². The van der Waals surface area contributed by atoms with Gasteiger partial charge in [0.25, 0.3) is 5.91 Å². The average Bonchev–Trinajstić information content (AvgIpc) is 3.33. The van der Waals surface area contributed by atoms with Gasteiger partial charge in [-0.05, 0) is 49.8 Å². The number of aryl methyl sites for hydroxylation is 1. The highest BCUT2D eigenvalue weighted by atomic mass is 32.2. The van der Waals surface area contributed by atoms with Gasteiger partial charge in [0.05, 0.1) is 12.8 Å². The van der Waals surface area contributed by atoms with Crippen LogP contribution in [-0.2, 0) is 11.4 Å². The molecule has 0 radical (unpaired) electrons. The second-order valence-corrected chi connectivity index (χ2v) is 9.05. The highest BCUT2D eigenvalue weighted by Crippen LogP contribution is 2.31. The maximum Gasteiger partial charge on any atom is 0.270 e. The van der Waals surface area contributed by atoms with Gasteiger partial charge in [-0.2, -0.15) is 0 Å². The number of hydrogen-bond acceptors (Lipinski definition) is 8. The standard InChI is InChI=1S/C23H28FN5O3S/c1-14-26-18(19-12-21(32-28-19)16-6-8-29(33-3)9-7-16)11-20(27-14)23(30)25-13-15-4-5-17(24)22(10-15)31-2/h4-5,10-11,16,21H,6-9,12-13H2,1-3H3,(H,25,30). The molecule has 10 heteroatoms. The summed E-state index contributed by atoms with van der Waals surface area (Å²) in [6, 6.07) is 6.12. The number of benzene rings is 1. The number of carbonyl (C=O) groups is 1. The molecule has 0 spiro atoms. The van der Waals surface area contributed by atoms with Gasteiger partial charge in [-0.15, -0.1) is 0 Å². The first-order valence-electron chi connectivity index (χ1n) is 10.9. The number of nitrogens with zero attached hydrogens (tertiary/aromatic N) is 4. The largest absolute Gasteiger partial charge is 0.494 e. The van der Waals surface area contributed by atoms with Crippen molar-refractivity contribution in [2.75, 3.05) is 26.5 Å². The molecule has 1 saturated heterocycles. The Hall–Kier alpha value is -2.72. The van der Waals surface area contributed by atoms with E-state index in [1.165, 1.54) is 13.2 Å². The minimum Gasteiger partial charge on any atom is -0.494 e. The zero-order chi connectivity index (χ0) is 23.4. The average molecular weight is 474 g/mol. The molecule has 1 aromatic carbocycles. The minimum atomic E-state index is -0.448. The molecule has 0 saturated carbocycles. The molecule has 8 nitrogen and oxygen atoms in total. The van der Waals surface area contributed by atoms with Gasteiger partial charge >= 0.3 is 0 Å². The van der Waals surface area contributed by atoms with Crippen molar-refractivity contribution < 1.29 is 18.8 Å². The van der Waals surface area contributed by atoms with Gasteiger partial charge < -0.3 is 14.9 Å². The van der Waals surface area contributed by atoms with E-state index in [4.69, 9.17) is 9.57 Å². The molecule has 0 aliphatic carbocycles. The third kappa shape index (κ3) is 5.62. The topological polar surface area (TPSA) is 88.9 Å². The van der Waals surface area contributed by atoms with E-state index in [1.54, 1.807) is 37.1 Å². The van der Waals surface area contributed by atoms with Crippen molar-refractivity contribution in [1.82, 2.24) is 19.6 Å². The maximum atomic E-state index is 13.6. The molecule has 2 aliphatic rings. The number of oxime groups is 1. The van der Waals surface area contributed by atoms with Gasteiger partial charge in [-0.1, -0.05) is 23.2 Å². The number of carbonyl (C=O) groups excluding carboxylic acids is 1. The monoisotopic (exact) mass is 473 g/mol. The summed E-state index contributed by atoms with van der Waals surface area (Å²) in [5.41, 5.74) is 2.33. The van der Waals surface area contributed by atoms with Crippen LogP contribution < -0.4 is 10.1 Å². The molecule has 3 heterocycles. The number of aromatic nitrogens is 2. The van der Waals surface area contributed by atoms with Crippen molar-refractivity contribution in [2.24, 2.45) is 11.1 Å². The molecular weight excluding hydrogens is 445 g/mol. The maximum absolute atomic E-state index is 13.6. The third-order valence-corrected chi connectivity index (χ3v) is 6.89. The minimum absolute atomic E-state index is 0.0463. The quantitative estimate of drug-likeness (QED) is 0.617. The highest BCUT2D eigenvalue weighted by Gasteiger charge is 2.33. The van der Waals surface area contributed by atoms with Crippen LogP contribution in [0, 0.1) is 18.7 Å². The van der Waals surface area contributed by atoms with E-state index in [0.29, 0.717) is 23.9 Å². The molecule has 176 valence electrons. The summed E-state index contributed by atoms with van der Waals surface area (Å²) in [6.07, 6.45) is 4.99. The van der Waals surface area contributed by atoms with Crippen LogP contribution >= 0.6 is 11.9 Å². The van der Waals surface area contributed by atoms with E-state index in [2.05, 4.69) is 31.0 Å². The summed E-state index contributed by atoms with van der Waals surface area (Å²) in [5, 5.41) is 7.11. The van der Waals surface area contributed by atoms with Crippen LogP contribution in [0.5, 0.6) is 5.75 Å². The zero-order valence-electron chi connectivity index (χ0n) is 19.0. The van der Waals surface area contributed by atoms with Crippen LogP contribution in [-0.4, -0.2) is 58.5 Å². The molecule has 33 heavy (non-hydrogen) atoms. The van der Waals surface area contributed by atoms with Gasteiger partial charge in [-0.3, -0.25) is 9.10 Å². The Kier molecular flexibility index (Phi) is 7.44. The lowest BCUT2D eigenvalue weighted by molar-refractivity contribution is 0.0233. The molecule has 1 aromatic heterocycles. The van der Waals surface area contributed by atoms with Gasteiger partial charge in [0.15, 0.2) is 11.6 Å². The third-order valence-electron chi connectivity index (χ3n) is 6.01. The Morgan fingerprint density at radius 1 is 1.30 bits per heavy atom. The van der Waals surface area contributed by atoms with Gasteiger partial charge in [0.2, 0.25) is 0 Å². The fraction of sp³-hybridized carbons (Fsp3) is 0.478. The number of ether oxygens (including phenoxy) is 1. The molecule has 2 aromatic rings. The van der Waals surface area contributed by atoms with E-state index in [0.717, 1.165) is 37.2 Å². The Morgan fingerprint density at radius 2 is 2.09 bits per heavy atom. The van der Waals surface area contributed by atoms with Crippen molar-refractivity contribution in [3.63, 3.8) is 0 Å². The fourth-order valence-corrected chi connectivity index (χ4v) is 4.73. The summed E-state index contributed by atoms with van der Waals surface area (Å²) in [6.45, 7) is 4.07. The van der Waals surface area contributed by atoms with Crippen molar-refractivity contribution >= 4 is 23.6 Å². The number of halogens is 1. The highest BCUT2D eigenvalue weighted by molar-refractivity contribution is 7.96. The molecule has 1 fully saturated rings. The van der Waals surface area contributed by atoms with Crippen molar-refractivity contribution in [2.45, 2.75) is 38.8 Å². The molecule has 1 amide bonds. The summed E-state index contributed by atoms with van der Waals surface area (Å²) in [4.78, 5) is 27.3. The number of methoxy groups -OCH3 is 1. The van der Waals surface area contributed by atoms with Gasteiger partial charge in [0.1, 0.15) is 23.3 Å².